The lowest BCUT2D eigenvalue weighted by molar-refractivity contribution is -0.384. The van der Waals surface area contributed by atoms with Gasteiger partial charge in [-0.05, 0) is 18.2 Å². The van der Waals surface area contributed by atoms with Crippen LogP contribution in [0.1, 0.15) is 10.4 Å². The molecule has 0 saturated carbocycles. The normalized spacial score (nSPS) is 10.0. The van der Waals surface area contributed by atoms with Crippen molar-refractivity contribution in [3.05, 3.63) is 57.2 Å². The van der Waals surface area contributed by atoms with Crippen LogP contribution in [0.3, 0.4) is 0 Å². The number of carbonyl (C=O) groups is 1. The van der Waals surface area contributed by atoms with Crippen LogP contribution in [0.25, 0.3) is 0 Å². The number of anilines is 2. The third-order valence-corrected chi connectivity index (χ3v) is 2.81. The lowest BCUT2D eigenvalue weighted by Gasteiger charge is -2.07. The zero-order valence-corrected chi connectivity index (χ0v) is 11.6. The molecule has 0 spiro atoms. The quantitative estimate of drug-likeness (QED) is 0.529. The van der Waals surface area contributed by atoms with Gasteiger partial charge in [0.25, 0.3) is 0 Å². The molecule has 0 aliphatic rings. The van der Waals surface area contributed by atoms with Crippen LogP contribution < -0.4 is 5.32 Å². The van der Waals surface area contributed by atoms with E-state index in [4.69, 9.17) is 11.6 Å². The van der Waals surface area contributed by atoms with Gasteiger partial charge in [-0.25, -0.2) is 9.78 Å². The molecule has 0 aliphatic heterocycles. The van der Waals surface area contributed by atoms with Crippen molar-refractivity contribution in [2.45, 2.75) is 0 Å². The lowest BCUT2D eigenvalue weighted by atomic mass is 10.2. The second-order valence-corrected chi connectivity index (χ2v) is 4.41. The number of hydrogen-bond donors (Lipinski definition) is 1. The number of ether oxygens (including phenoxy) is 1. The van der Waals surface area contributed by atoms with E-state index in [0.29, 0.717) is 10.7 Å². The van der Waals surface area contributed by atoms with E-state index >= 15 is 0 Å². The number of hydrogen-bond acceptors (Lipinski definition) is 6. The highest BCUT2D eigenvalue weighted by Gasteiger charge is 2.19. The van der Waals surface area contributed by atoms with Gasteiger partial charge in [0.2, 0.25) is 5.82 Å². The molecule has 1 N–H and O–H groups in total. The van der Waals surface area contributed by atoms with Gasteiger partial charge in [-0.2, -0.15) is 0 Å². The maximum absolute atomic E-state index is 11.4. The summed E-state index contributed by atoms with van der Waals surface area (Å²) in [6.45, 7) is 0. The van der Waals surface area contributed by atoms with Gasteiger partial charge in [0, 0.05) is 23.0 Å². The smallest absolute Gasteiger partial charge is 0.339 e. The van der Waals surface area contributed by atoms with Crippen molar-refractivity contribution in [2.24, 2.45) is 0 Å². The van der Waals surface area contributed by atoms with E-state index in [2.05, 4.69) is 15.0 Å². The molecule has 0 aliphatic carbocycles. The third kappa shape index (κ3) is 3.46. The minimum absolute atomic E-state index is 0.000782. The van der Waals surface area contributed by atoms with Crippen LogP contribution in [-0.4, -0.2) is 23.0 Å². The van der Waals surface area contributed by atoms with Crippen molar-refractivity contribution >= 4 is 34.8 Å². The number of esters is 1. The Morgan fingerprint density at radius 1 is 1.43 bits per heavy atom. The molecular formula is C13H10ClN3O4. The van der Waals surface area contributed by atoms with Gasteiger partial charge in [0.05, 0.1) is 17.6 Å². The number of benzene rings is 1. The Morgan fingerprint density at radius 3 is 2.81 bits per heavy atom. The maximum Gasteiger partial charge on any atom is 0.339 e. The highest BCUT2D eigenvalue weighted by molar-refractivity contribution is 6.30. The Bertz CT molecular complexity index is 706. The predicted molar refractivity (Wildman–Crippen MR) is 77.0 cm³/mol. The van der Waals surface area contributed by atoms with Crippen molar-refractivity contribution in [2.75, 3.05) is 12.4 Å². The lowest BCUT2D eigenvalue weighted by Crippen LogP contribution is -2.06. The highest BCUT2D eigenvalue weighted by Crippen LogP contribution is 2.27. The fourth-order valence-electron chi connectivity index (χ4n) is 1.62. The average molecular weight is 308 g/mol. The average Bonchev–Trinajstić information content (AvgIpc) is 2.46. The minimum atomic E-state index is -0.695. The molecular weight excluding hydrogens is 298 g/mol. The summed E-state index contributed by atoms with van der Waals surface area (Å²) < 4.78 is 4.51. The molecule has 108 valence electrons. The topological polar surface area (TPSA) is 94.4 Å². The fraction of sp³-hybridized carbons (Fsp3) is 0.0769. The molecule has 0 atom stereocenters. The summed E-state index contributed by atoms with van der Waals surface area (Å²) in [4.78, 5) is 25.7. The number of carbonyl (C=O) groups excluding carboxylic acids is 1. The molecule has 1 aromatic heterocycles. The molecule has 2 aromatic rings. The summed E-state index contributed by atoms with van der Waals surface area (Å²) in [5, 5.41) is 14.4. The Labute approximate surface area is 124 Å². The number of pyridine rings is 1. The SMILES string of the molecule is COC(=O)c1cnc(Nc2cccc(Cl)c2)c([N+](=O)[O-])c1. The molecule has 1 heterocycles. The molecule has 0 unspecified atom stereocenters. The van der Waals surface area contributed by atoms with Gasteiger partial charge in [-0.15, -0.1) is 0 Å². The van der Waals surface area contributed by atoms with Crippen LogP contribution >= 0.6 is 11.6 Å². The molecule has 0 saturated heterocycles. The van der Waals surface area contributed by atoms with E-state index in [1.807, 2.05) is 0 Å². The summed E-state index contributed by atoms with van der Waals surface area (Å²) in [5.41, 5.74) is 0.211. The largest absolute Gasteiger partial charge is 0.465 e. The van der Waals surface area contributed by atoms with Crippen molar-refractivity contribution in [1.82, 2.24) is 4.98 Å². The Kier molecular flexibility index (Phi) is 4.34. The van der Waals surface area contributed by atoms with Crippen molar-refractivity contribution < 1.29 is 14.5 Å². The molecule has 1 aromatic carbocycles. The number of methoxy groups -OCH3 is 1. The fourth-order valence-corrected chi connectivity index (χ4v) is 1.81. The van der Waals surface area contributed by atoms with E-state index in [9.17, 15) is 14.9 Å². The molecule has 7 nitrogen and oxygen atoms in total. The van der Waals surface area contributed by atoms with Gasteiger partial charge >= 0.3 is 11.7 Å². The first-order chi connectivity index (χ1) is 10.0. The van der Waals surface area contributed by atoms with E-state index in [1.165, 1.54) is 13.3 Å². The molecule has 0 fully saturated rings. The Morgan fingerprint density at radius 2 is 2.19 bits per heavy atom. The zero-order valence-electron chi connectivity index (χ0n) is 10.9. The van der Waals surface area contributed by atoms with Gasteiger partial charge < -0.3 is 10.1 Å². The van der Waals surface area contributed by atoms with Crippen LogP contribution in [0.4, 0.5) is 17.2 Å². The van der Waals surface area contributed by atoms with Gasteiger partial charge in [0.15, 0.2) is 0 Å². The van der Waals surface area contributed by atoms with Crippen LogP contribution in [0.2, 0.25) is 5.02 Å². The monoisotopic (exact) mass is 307 g/mol. The standard InChI is InChI=1S/C13H10ClN3O4/c1-21-13(18)8-5-11(17(19)20)12(15-7-8)16-10-4-2-3-9(14)6-10/h2-7H,1H3,(H,15,16). The number of nitrogens with zero attached hydrogens (tertiary/aromatic N) is 2. The summed E-state index contributed by atoms with van der Waals surface area (Å²) in [6, 6.07) is 7.76. The van der Waals surface area contributed by atoms with Gasteiger partial charge in [0.1, 0.15) is 0 Å². The number of nitrogens with one attached hydrogen (secondary N) is 1. The molecule has 0 radical (unpaired) electrons. The molecule has 0 bridgehead atoms. The summed E-state index contributed by atoms with van der Waals surface area (Å²) in [5.74, 6) is -0.685. The first-order valence-electron chi connectivity index (χ1n) is 5.76. The summed E-state index contributed by atoms with van der Waals surface area (Å²) in [7, 11) is 1.19. The maximum atomic E-state index is 11.4. The van der Waals surface area contributed by atoms with Crippen molar-refractivity contribution in [1.29, 1.82) is 0 Å². The van der Waals surface area contributed by atoms with Crippen LogP contribution in [-0.2, 0) is 4.74 Å². The molecule has 2 rings (SSSR count). The van der Waals surface area contributed by atoms with Crippen molar-refractivity contribution in [3.8, 4) is 0 Å². The van der Waals surface area contributed by atoms with E-state index in [-0.39, 0.29) is 17.1 Å². The highest BCUT2D eigenvalue weighted by atomic mass is 35.5. The van der Waals surface area contributed by atoms with E-state index in [0.717, 1.165) is 6.07 Å². The van der Waals surface area contributed by atoms with Gasteiger partial charge in [-0.1, -0.05) is 17.7 Å². The zero-order chi connectivity index (χ0) is 15.4. The second kappa shape index (κ2) is 6.19. The number of aromatic nitrogens is 1. The second-order valence-electron chi connectivity index (χ2n) is 3.98. The summed E-state index contributed by atoms with van der Waals surface area (Å²) in [6.07, 6.45) is 1.20. The Hall–Kier alpha value is -2.67. The first kappa shape index (κ1) is 14.7. The first-order valence-corrected chi connectivity index (χ1v) is 6.14. The van der Waals surface area contributed by atoms with Crippen LogP contribution in [0, 0.1) is 10.1 Å². The van der Waals surface area contributed by atoms with E-state index < -0.39 is 10.9 Å². The molecule has 8 heteroatoms. The van der Waals surface area contributed by atoms with Crippen LogP contribution in [0.15, 0.2) is 36.5 Å². The number of rotatable bonds is 4. The molecule has 21 heavy (non-hydrogen) atoms. The van der Waals surface area contributed by atoms with Crippen molar-refractivity contribution in [3.63, 3.8) is 0 Å². The number of nitro groups is 1. The van der Waals surface area contributed by atoms with E-state index in [1.54, 1.807) is 24.3 Å². The predicted octanol–water partition coefficient (Wildman–Crippen LogP) is 3.17. The Balaban J connectivity index is 2.39. The minimum Gasteiger partial charge on any atom is -0.465 e. The third-order valence-electron chi connectivity index (χ3n) is 2.57. The number of halogens is 1. The molecule has 0 amide bonds. The van der Waals surface area contributed by atoms with Gasteiger partial charge in [-0.3, -0.25) is 10.1 Å². The summed E-state index contributed by atoms with van der Waals surface area (Å²) >= 11 is 5.84. The van der Waals surface area contributed by atoms with Crippen LogP contribution in [0.5, 0.6) is 0 Å².